The molecular formula is C25H28N2O2S. The molecule has 1 amide bonds. The maximum atomic E-state index is 11.4. The van der Waals surface area contributed by atoms with Crippen molar-refractivity contribution in [2.75, 3.05) is 0 Å². The maximum Gasteiger partial charge on any atom is 0.221 e. The number of hydrogen-bond acceptors (Lipinski definition) is 2. The fourth-order valence-electron chi connectivity index (χ4n) is 3.87. The molecule has 0 saturated heterocycles. The van der Waals surface area contributed by atoms with Gasteiger partial charge >= 0.3 is 0 Å². The first kappa shape index (κ1) is 21.9. The predicted molar refractivity (Wildman–Crippen MR) is 123 cm³/mol. The molecule has 1 aliphatic carbocycles. The normalized spacial score (nSPS) is 13.1. The summed E-state index contributed by atoms with van der Waals surface area (Å²) in [6.45, 7) is 2.08. The first-order valence-corrected chi connectivity index (χ1v) is 11.4. The van der Waals surface area contributed by atoms with Crippen molar-refractivity contribution in [3.8, 4) is 11.1 Å². The Morgan fingerprint density at radius 1 is 0.967 bits per heavy atom. The van der Waals surface area contributed by atoms with Gasteiger partial charge in [-0.05, 0) is 71.2 Å². The third-order valence-electron chi connectivity index (χ3n) is 5.40. The zero-order valence-electron chi connectivity index (χ0n) is 17.3. The van der Waals surface area contributed by atoms with Crippen LogP contribution in [0.4, 0.5) is 0 Å². The summed E-state index contributed by atoms with van der Waals surface area (Å²) in [4.78, 5) is 12.1. The van der Waals surface area contributed by atoms with Gasteiger partial charge in [-0.1, -0.05) is 61.5 Å². The van der Waals surface area contributed by atoms with Crippen molar-refractivity contribution in [3.63, 3.8) is 0 Å². The standard InChI is InChI=1S/C17H17NO.C8H11NOS/c18-17(19)11-16-14-8-4-7-13(14)9-10-15(16)12-5-2-1-3-6-12;1-2-7-3-5-8(6-4-7)11(9)10/h1-3,5-6,9-10H,4,7-8,11H2,(H2,18,19);3-6H,2,9H2,1H3. The molecule has 1 atom stereocenters. The second kappa shape index (κ2) is 10.3. The molecule has 1 aliphatic rings. The summed E-state index contributed by atoms with van der Waals surface area (Å²) in [5.74, 6) is -0.252. The summed E-state index contributed by atoms with van der Waals surface area (Å²) < 4.78 is 10.7. The first-order valence-electron chi connectivity index (χ1n) is 10.2. The number of hydrogen-bond donors (Lipinski definition) is 2. The number of carbonyl (C=O) groups excluding carboxylic acids is 1. The van der Waals surface area contributed by atoms with E-state index >= 15 is 0 Å². The molecule has 4 nitrogen and oxygen atoms in total. The SMILES string of the molecule is CCc1ccc(S(N)=O)cc1.NC(=O)Cc1c(-c2ccccc2)ccc2c1CCC2. The van der Waals surface area contributed by atoms with Gasteiger partial charge in [0.1, 0.15) is 11.0 Å². The topological polar surface area (TPSA) is 86.2 Å². The van der Waals surface area contributed by atoms with Crippen LogP contribution in [0, 0.1) is 0 Å². The van der Waals surface area contributed by atoms with Gasteiger partial charge in [0.15, 0.2) is 0 Å². The highest BCUT2D eigenvalue weighted by Crippen LogP contribution is 2.33. The Labute approximate surface area is 180 Å². The quantitative estimate of drug-likeness (QED) is 0.651. The number of fused-ring (bicyclic) bond motifs is 1. The molecule has 3 aromatic rings. The summed E-state index contributed by atoms with van der Waals surface area (Å²) in [5.41, 5.74) is 12.8. The van der Waals surface area contributed by atoms with Crippen LogP contribution in [0.15, 0.2) is 71.6 Å². The highest BCUT2D eigenvalue weighted by atomic mass is 32.2. The molecule has 0 heterocycles. The minimum absolute atomic E-state index is 0.252. The molecule has 0 radical (unpaired) electrons. The van der Waals surface area contributed by atoms with Gasteiger partial charge in [0.25, 0.3) is 0 Å². The van der Waals surface area contributed by atoms with E-state index in [0.29, 0.717) is 11.3 Å². The van der Waals surface area contributed by atoms with Gasteiger partial charge in [0.05, 0.1) is 11.3 Å². The highest BCUT2D eigenvalue weighted by Gasteiger charge is 2.19. The van der Waals surface area contributed by atoms with Crippen LogP contribution in [0.25, 0.3) is 11.1 Å². The molecule has 0 spiro atoms. The Hall–Kier alpha value is -2.76. The Morgan fingerprint density at radius 3 is 2.27 bits per heavy atom. The second-order valence-corrected chi connectivity index (χ2v) is 8.45. The van der Waals surface area contributed by atoms with Crippen molar-refractivity contribution in [1.82, 2.24) is 0 Å². The van der Waals surface area contributed by atoms with Crippen molar-refractivity contribution < 1.29 is 9.00 Å². The van der Waals surface area contributed by atoms with Crippen molar-refractivity contribution in [3.05, 3.63) is 89.0 Å². The molecule has 4 rings (SSSR count). The van der Waals surface area contributed by atoms with E-state index in [0.717, 1.165) is 36.0 Å². The van der Waals surface area contributed by atoms with Gasteiger partial charge in [0, 0.05) is 0 Å². The summed E-state index contributed by atoms with van der Waals surface area (Å²) in [6.07, 6.45) is 4.71. The first-order chi connectivity index (χ1) is 14.5. The average Bonchev–Trinajstić information content (AvgIpc) is 3.24. The van der Waals surface area contributed by atoms with E-state index in [1.54, 1.807) is 12.1 Å². The van der Waals surface area contributed by atoms with Crippen molar-refractivity contribution in [2.24, 2.45) is 10.9 Å². The lowest BCUT2D eigenvalue weighted by atomic mass is 9.91. The maximum absolute atomic E-state index is 11.4. The van der Waals surface area contributed by atoms with E-state index in [9.17, 15) is 9.00 Å². The zero-order chi connectivity index (χ0) is 21.5. The fraction of sp³-hybridized carbons (Fsp3) is 0.240. The van der Waals surface area contributed by atoms with Crippen LogP contribution in [0.5, 0.6) is 0 Å². The third kappa shape index (κ3) is 5.43. The van der Waals surface area contributed by atoms with Gasteiger partial charge in [-0.15, -0.1) is 0 Å². The monoisotopic (exact) mass is 420 g/mol. The van der Waals surface area contributed by atoms with Crippen molar-refractivity contribution in [2.45, 2.75) is 43.9 Å². The van der Waals surface area contributed by atoms with Crippen LogP contribution in [-0.4, -0.2) is 10.1 Å². The number of rotatable bonds is 5. The lowest BCUT2D eigenvalue weighted by Crippen LogP contribution is -2.15. The molecule has 3 aromatic carbocycles. The minimum Gasteiger partial charge on any atom is -0.369 e. The molecule has 0 aromatic heterocycles. The van der Waals surface area contributed by atoms with E-state index in [4.69, 9.17) is 10.9 Å². The highest BCUT2D eigenvalue weighted by molar-refractivity contribution is 7.82. The van der Waals surface area contributed by atoms with Crippen molar-refractivity contribution in [1.29, 1.82) is 0 Å². The lowest BCUT2D eigenvalue weighted by molar-refractivity contribution is -0.117. The smallest absolute Gasteiger partial charge is 0.221 e. The van der Waals surface area contributed by atoms with Crippen LogP contribution in [-0.2, 0) is 41.5 Å². The molecule has 0 aliphatic heterocycles. The number of amides is 1. The van der Waals surface area contributed by atoms with E-state index in [2.05, 4.69) is 31.2 Å². The van der Waals surface area contributed by atoms with Crippen LogP contribution in [0.1, 0.15) is 35.6 Å². The van der Waals surface area contributed by atoms with Crippen LogP contribution in [0.3, 0.4) is 0 Å². The molecule has 5 heteroatoms. The van der Waals surface area contributed by atoms with Gasteiger partial charge in [0.2, 0.25) is 5.91 Å². The summed E-state index contributed by atoms with van der Waals surface area (Å²) in [7, 11) is -1.34. The Kier molecular flexibility index (Phi) is 7.55. The zero-order valence-corrected chi connectivity index (χ0v) is 18.1. The molecule has 1 unspecified atom stereocenters. The molecular weight excluding hydrogens is 392 g/mol. The minimum atomic E-state index is -1.34. The number of aryl methyl sites for hydroxylation is 2. The van der Waals surface area contributed by atoms with E-state index in [1.807, 2.05) is 30.3 Å². The number of carbonyl (C=O) groups is 1. The summed E-state index contributed by atoms with van der Waals surface area (Å²) >= 11 is 0. The van der Waals surface area contributed by atoms with Gasteiger partial charge in [-0.3, -0.25) is 4.79 Å². The van der Waals surface area contributed by atoms with Crippen LogP contribution in [0.2, 0.25) is 0 Å². The summed E-state index contributed by atoms with van der Waals surface area (Å²) in [5, 5.41) is 5.18. The lowest BCUT2D eigenvalue weighted by Gasteiger charge is -2.14. The Balaban J connectivity index is 0.000000199. The third-order valence-corrected chi connectivity index (χ3v) is 6.14. The van der Waals surface area contributed by atoms with E-state index in [-0.39, 0.29) is 5.91 Å². The molecule has 4 N–H and O–H groups in total. The molecule has 0 saturated carbocycles. The molecule has 0 fully saturated rings. The second-order valence-electron chi connectivity index (χ2n) is 7.39. The molecule has 30 heavy (non-hydrogen) atoms. The van der Waals surface area contributed by atoms with Gasteiger partial charge in [-0.25, -0.2) is 9.35 Å². The summed E-state index contributed by atoms with van der Waals surface area (Å²) in [6, 6.07) is 22.1. The average molecular weight is 421 g/mol. The molecule has 0 bridgehead atoms. The van der Waals surface area contributed by atoms with E-state index < -0.39 is 11.0 Å². The number of benzene rings is 3. The fourth-order valence-corrected chi connectivity index (χ4v) is 4.27. The molecule has 156 valence electrons. The van der Waals surface area contributed by atoms with E-state index in [1.165, 1.54) is 23.1 Å². The van der Waals surface area contributed by atoms with Gasteiger partial charge in [-0.2, -0.15) is 0 Å². The largest absolute Gasteiger partial charge is 0.369 e. The van der Waals surface area contributed by atoms with Crippen LogP contribution >= 0.6 is 0 Å². The van der Waals surface area contributed by atoms with Crippen molar-refractivity contribution >= 4 is 16.9 Å². The number of primary amides is 1. The Bertz CT molecular complexity index is 1030. The number of nitrogens with two attached hydrogens (primary N) is 2. The predicted octanol–water partition coefficient (Wildman–Crippen LogP) is 4.10. The Morgan fingerprint density at radius 2 is 1.67 bits per heavy atom. The van der Waals surface area contributed by atoms with Gasteiger partial charge < -0.3 is 5.73 Å². The van der Waals surface area contributed by atoms with Crippen LogP contribution < -0.4 is 10.9 Å².